The van der Waals surface area contributed by atoms with Gasteiger partial charge >= 0.3 is 5.97 Å². The molecule has 0 bridgehead atoms. The number of rotatable bonds is 4. The number of hydrogen-bond donors (Lipinski definition) is 3. The molecule has 0 saturated carbocycles. The lowest BCUT2D eigenvalue weighted by Gasteiger charge is -2.07. The first kappa shape index (κ1) is 14.9. The van der Waals surface area contributed by atoms with Crippen molar-refractivity contribution in [1.82, 2.24) is 9.55 Å². The summed E-state index contributed by atoms with van der Waals surface area (Å²) in [6, 6.07) is 3.38. The van der Waals surface area contributed by atoms with E-state index in [1.165, 1.54) is 12.3 Å². The number of hydrogen-bond acceptors (Lipinski definition) is 5. The van der Waals surface area contributed by atoms with E-state index in [0.29, 0.717) is 5.82 Å². The molecule has 1 heterocycles. The standard InChI is InChI=1S/C12H13N3O5S/c1-7-13-11(6-15(7)2)21(19,20)14-8-3-4-9(12(17)18)10(16)5-8/h3-6,14,16H,1-2H3,(H,17,18). The molecule has 21 heavy (non-hydrogen) atoms. The number of imidazole rings is 1. The summed E-state index contributed by atoms with van der Waals surface area (Å²) in [6.45, 7) is 1.66. The van der Waals surface area contributed by atoms with Crippen molar-refractivity contribution in [3.05, 3.63) is 35.8 Å². The Kier molecular flexibility index (Phi) is 3.60. The zero-order valence-corrected chi connectivity index (χ0v) is 12.0. The zero-order chi connectivity index (χ0) is 15.8. The summed E-state index contributed by atoms with van der Waals surface area (Å²) < 4.78 is 28.0. The monoisotopic (exact) mass is 311 g/mol. The molecule has 3 N–H and O–H groups in total. The number of carbonyl (C=O) groups is 1. The molecule has 0 aliphatic rings. The minimum absolute atomic E-state index is 0.0424. The van der Waals surface area contributed by atoms with Gasteiger partial charge in [-0.05, 0) is 19.1 Å². The van der Waals surface area contributed by atoms with Crippen molar-refractivity contribution < 1.29 is 23.4 Å². The Morgan fingerprint density at radius 3 is 2.52 bits per heavy atom. The topological polar surface area (TPSA) is 122 Å². The molecule has 9 heteroatoms. The summed E-state index contributed by atoms with van der Waals surface area (Å²) in [7, 11) is -2.24. The summed E-state index contributed by atoms with van der Waals surface area (Å²) >= 11 is 0. The predicted molar refractivity (Wildman–Crippen MR) is 73.8 cm³/mol. The number of sulfonamides is 1. The SMILES string of the molecule is Cc1nc(S(=O)(=O)Nc2ccc(C(=O)O)c(O)c2)cn1C. The van der Waals surface area contributed by atoms with E-state index in [1.54, 1.807) is 18.5 Å². The van der Waals surface area contributed by atoms with Crippen molar-refractivity contribution in [2.24, 2.45) is 7.05 Å². The van der Waals surface area contributed by atoms with Crippen LogP contribution >= 0.6 is 0 Å². The fourth-order valence-electron chi connectivity index (χ4n) is 1.64. The second kappa shape index (κ2) is 5.09. The van der Waals surface area contributed by atoms with Crippen LogP contribution in [0.25, 0.3) is 0 Å². The van der Waals surface area contributed by atoms with Crippen LogP contribution in [0, 0.1) is 6.92 Å². The summed E-state index contributed by atoms with van der Waals surface area (Å²) in [4.78, 5) is 14.7. The molecule has 1 aromatic heterocycles. The van der Waals surface area contributed by atoms with Crippen molar-refractivity contribution in [2.75, 3.05) is 4.72 Å². The van der Waals surface area contributed by atoms with Gasteiger partial charge in [-0.1, -0.05) is 0 Å². The van der Waals surface area contributed by atoms with E-state index >= 15 is 0 Å². The lowest BCUT2D eigenvalue weighted by atomic mass is 10.2. The summed E-state index contributed by atoms with van der Waals surface area (Å²) in [6.07, 6.45) is 1.35. The third-order valence-electron chi connectivity index (χ3n) is 2.84. The number of carboxylic acids is 1. The van der Waals surface area contributed by atoms with Crippen molar-refractivity contribution in [3.8, 4) is 5.75 Å². The van der Waals surface area contributed by atoms with Gasteiger partial charge in [-0.2, -0.15) is 8.42 Å². The number of aryl methyl sites for hydroxylation is 2. The van der Waals surface area contributed by atoms with Gasteiger partial charge in [0.25, 0.3) is 10.0 Å². The number of benzene rings is 1. The fourth-order valence-corrected chi connectivity index (χ4v) is 2.73. The molecule has 2 rings (SSSR count). The minimum Gasteiger partial charge on any atom is -0.507 e. The summed E-state index contributed by atoms with van der Waals surface area (Å²) in [5.41, 5.74) is -0.271. The van der Waals surface area contributed by atoms with Gasteiger partial charge < -0.3 is 14.8 Å². The molecule has 2 aromatic rings. The first-order valence-corrected chi connectivity index (χ1v) is 7.28. The predicted octanol–water partition coefficient (Wildman–Crippen LogP) is 0.933. The van der Waals surface area contributed by atoms with E-state index in [1.807, 2.05) is 0 Å². The molecule has 0 aliphatic carbocycles. The number of carboxylic acid groups (broad SMARTS) is 1. The maximum absolute atomic E-state index is 12.1. The van der Waals surface area contributed by atoms with Crippen LogP contribution in [0.3, 0.4) is 0 Å². The number of nitrogens with zero attached hydrogens (tertiary/aromatic N) is 2. The van der Waals surface area contributed by atoms with Crippen LogP contribution in [0.4, 0.5) is 5.69 Å². The third-order valence-corrected chi connectivity index (χ3v) is 4.09. The van der Waals surface area contributed by atoms with Gasteiger partial charge in [-0.25, -0.2) is 9.78 Å². The number of nitrogens with one attached hydrogen (secondary N) is 1. The minimum atomic E-state index is -3.91. The number of aromatic hydroxyl groups is 1. The van der Waals surface area contributed by atoms with Crippen LogP contribution in [0.5, 0.6) is 5.75 Å². The average molecular weight is 311 g/mol. The van der Waals surface area contributed by atoms with Gasteiger partial charge in [0.1, 0.15) is 17.1 Å². The molecule has 0 fully saturated rings. The van der Waals surface area contributed by atoms with Gasteiger partial charge in [0.05, 0.1) is 5.69 Å². The third kappa shape index (κ3) is 2.97. The largest absolute Gasteiger partial charge is 0.507 e. The molecule has 0 unspecified atom stereocenters. The van der Waals surface area contributed by atoms with E-state index < -0.39 is 21.7 Å². The van der Waals surface area contributed by atoms with Gasteiger partial charge in [0.2, 0.25) is 0 Å². The second-order valence-electron chi connectivity index (χ2n) is 4.38. The highest BCUT2D eigenvalue weighted by atomic mass is 32.2. The molecule has 112 valence electrons. The molecule has 0 radical (unpaired) electrons. The van der Waals surface area contributed by atoms with Crippen LogP contribution in [0.2, 0.25) is 0 Å². The highest BCUT2D eigenvalue weighted by molar-refractivity contribution is 7.92. The van der Waals surface area contributed by atoms with Crippen molar-refractivity contribution in [3.63, 3.8) is 0 Å². The van der Waals surface area contributed by atoms with E-state index in [4.69, 9.17) is 5.11 Å². The van der Waals surface area contributed by atoms with Gasteiger partial charge in [0, 0.05) is 19.3 Å². The molecule has 0 atom stereocenters. The molecule has 0 spiro atoms. The number of phenols is 1. The van der Waals surface area contributed by atoms with Crippen LogP contribution in [0.15, 0.2) is 29.4 Å². The normalized spacial score (nSPS) is 11.3. The van der Waals surface area contributed by atoms with Crippen LogP contribution < -0.4 is 4.72 Å². The van der Waals surface area contributed by atoms with Gasteiger partial charge in [0.15, 0.2) is 5.03 Å². The smallest absolute Gasteiger partial charge is 0.339 e. The quantitative estimate of drug-likeness (QED) is 0.772. The Hall–Kier alpha value is -2.55. The Labute approximate surface area is 120 Å². The maximum Gasteiger partial charge on any atom is 0.339 e. The Balaban J connectivity index is 2.33. The average Bonchev–Trinajstić information content (AvgIpc) is 2.69. The zero-order valence-electron chi connectivity index (χ0n) is 11.2. The highest BCUT2D eigenvalue weighted by Gasteiger charge is 2.19. The van der Waals surface area contributed by atoms with Crippen molar-refractivity contribution in [1.29, 1.82) is 0 Å². The van der Waals surface area contributed by atoms with Crippen molar-refractivity contribution in [2.45, 2.75) is 11.9 Å². The van der Waals surface area contributed by atoms with Gasteiger partial charge in [-0.3, -0.25) is 4.72 Å². The molecular weight excluding hydrogens is 298 g/mol. The molecular formula is C12H13N3O5S. The second-order valence-corrected chi connectivity index (χ2v) is 6.01. The van der Waals surface area contributed by atoms with Crippen molar-refractivity contribution >= 4 is 21.7 Å². The number of aromatic carboxylic acids is 1. The molecule has 1 aromatic carbocycles. The maximum atomic E-state index is 12.1. The lowest BCUT2D eigenvalue weighted by molar-refractivity contribution is 0.0694. The van der Waals surface area contributed by atoms with Gasteiger partial charge in [-0.15, -0.1) is 0 Å². The Bertz CT molecular complexity index is 791. The molecule has 8 nitrogen and oxygen atoms in total. The Morgan fingerprint density at radius 1 is 1.38 bits per heavy atom. The summed E-state index contributed by atoms with van der Waals surface area (Å²) in [5, 5.41) is 18.2. The first-order valence-electron chi connectivity index (χ1n) is 5.80. The van der Waals surface area contributed by atoms with Crippen LogP contribution in [-0.2, 0) is 17.1 Å². The van der Waals surface area contributed by atoms with E-state index in [9.17, 15) is 18.3 Å². The number of anilines is 1. The van der Waals surface area contributed by atoms with E-state index in [2.05, 4.69) is 9.71 Å². The lowest BCUT2D eigenvalue weighted by Crippen LogP contribution is -2.13. The first-order chi connectivity index (χ1) is 9.70. The Morgan fingerprint density at radius 2 is 2.05 bits per heavy atom. The number of aromatic nitrogens is 2. The molecule has 0 saturated heterocycles. The fraction of sp³-hybridized carbons (Fsp3) is 0.167. The van der Waals surface area contributed by atoms with E-state index in [-0.39, 0.29) is 16.3 Å². The molecule has 0 aliphatic heterocycles. The van der Waals surface area contributed by atoms with Crippen LogP contribution in [-0.4, -0.2) is 34.2 Å². The van der Waals surface area contributed by atoms with Crippen LogP contribution in [0.1, 0.15) is 16.2 Å². The van der Waals surface area contributed by atoms with E-state index in [0.717, 1.165) is 12.1 Å². The highest BCUT2D eigenvalue weighted by Crippen LogP contribution is 2.23. The summed E-state index contributed by atoms with van der Waals surface area (Å²) in [5.74, 6) is -1.30. The molecule has 0 amide bonds.